The van der Waals surface area contributed by atoms with E-state index in [2.05, 4.69) is 14.7 Å². The van der Waals surface area contributed by atoms with E-state index in [0.29, 0.717) is 18.7 Å². The van der Waals surface area contributed by atoms with Crippen molar-refractivity contribution in [2.75, 3.05) is 13.1 Å². The number of likely N-dealkylation sites (tertiary alicyclic amines) is 1. The molecule has 2 aliphatic rings. The van der Waals surface area contributed by atoms with E-state index in [1.54, 1.807) is 11.6 Å². The van der Waals surface area contributed by atoms with Crippen molar-refractivity contribution in [3.8, 4) is 0 Å². The summed E-state index contributed by atoms with van der Waals surface area (Å²) >= 11 is 0. The number of rotatable bonds is 5. The van der Waals surface area contributed by atoms with Crippen molar-refractivity contribution in [1.82, 2.24) is 19.4 Å². The third kappa shape index (κ3) is 3.37. The van der Waals surface area contributed by atoms with Crippen molar-refractivity contribution in [2.45, 2.75) is 75.6 Å². The normalized spacial score (nSPS) is 29.2. The number of hydrogen-bond donors (Lipinski definition) is 2. The number of aliphatic hydroxyl groups excluding tert-OH is 1. The zero-order chi connectivity index (χ0) is 17.3. The van der Waals surface area contributed by atoms with Gasteiger partial charge in [-0.15, -0.1) is 0 Å². The molecule has 0 bridgehead atoms. The Hall–Kier alpha value is -0.960. The molecule has 3 atom stereocenters. The van der Waals surface area contributed by atoms with Crippen LogP contribution in [0.1, 0.15) is 44.7 Å². The molecule has 8 heteroatoms. The number of nitrogens with one attached hydrogen (secondary N) is 1. The second-order valence-corrected chi connectivity index (χ2v) is 8.55. The Morgan fingerprint density at radius 2 is 2.00 bits per heavy atom. The van der Waals surface area contributed by atoms with Crippen LogP contribution in [0.3, 0.4) is 0 Å². The van der Waals surface area contributed by atoms with Crippen LogP contribution in [-0.2, 0) is 16.6 Å². The molecule has 3 rings (SSSR count). The fourth-order valence-electron chi connectivity index (χ4n) is 4.03. The molecule has 1 aromatic rings. The summed E-state index contributed by atoms with van der Waals surface area (Å²) in [6, 6.07) is -0.368. The molecule has 0 spiro atoms. The average molecular weight is 356 g/mol. The van der Waals surface area contributed by atoms with Crippen molar-refractivity contribution >= 4 is 10.0 Å². The second kappa shape index (κ2) is 7.11. The van der Waals surface area contributed by atoms with Gasteiger partial charge < -0.3 is 5.11 Å². The van der Waals surface area contributed by atoms with E-state index < -0.39 is 22.2 Å². The summed E-state index contributed by atoms with van der Waals surface area (Å²) in [4.78, 5) is 2.52. The lowest BCUT2D eigenvalue weighted by Crippen LogP contribution is -2.56. The number of aliphatic hydroxyl groups is 1. The number of hydrogen-bond acceptors (Lipinski definition) is 5. The second-order valence-electron chi connectivity index (χ2n) is 6.87. The highest BCUT2D eigenvalue weighted by molar-refractivity contribution is 7.89. The first-order valence-corrected chi connectivity index (χ1v) is 10.4. The monoisotopic (exact) mass is 356 g/mol. The highest BCUT2D eigenvalue weighted by Gasteiger charge is 2.38. The van der Waals surface area contributed by atoms with Gasteiger partial charge in [-0.3, -0.25) is 9.58 Å². The summed E-state index contributed by atoms with van der Waals surface area (Å²) in [5.74, 6) is 0. The first-order valence-electron chi connectivity index (χ1n) is 8.91. The lowest BCUT2D eigenvalue weighted by atomic mass is 9.88. The van der Waals surface area contributed by atoms with Crippen molar-refractivity contribution < 1.29 is 13.5 Å². The van der Waals surface area contributed by atoms with Gasteiger partial charge in [0.1, 0.15) is 4.90 Å². The Kier molecular flexibility index (Phi) is 5.29. The first kappa shape index (κ1) is 17.8. The predicted octanol–water partition coefficient (Wildman–Crippen LogP) is 0.868. The molecule has 2 fully saturated rings. The summed E-state index contributed by atoms with van der Waals surface area (Å²) in [6.45, 7) is 6.32. The van der Waals surface area contributed by atoms with E-state index in [4.69, 9.17) is 0 Å². The quantitative estimate of drug-likeness (QED) is 0.817. The van der Waals surface area contributed by atoms with Gasteiger partial charge in [-0.1, -0.05) is 6.42 Å². The molecular weight excluding hydrogens is 328 g/mol. The van der Waals surface area contributed by atoms with Gasteiger partial charge in [-0.2, -0.15) is 5.10 Å². The molecule has 2 N–H and O–H groups in total. The van der Waals surface area contributed by atoms with E-state index in [1.807, 2.05) is 6.92 Å². The molecule has 1 saturated heterocycles. The Bertz CT molecular complexity index is 667. The zero-order valence-electron chi connectivity index (χ0n) is 14.5. The maximum Gasteiger partial charge on any atom is 0.244 e. The summed E-state index contributed by atoms with van der Waals surface area (Å²) in [6.07, 6.45) is 5.60. The molecule has 136 valence electrons. The largest absolute Gasteiger partial charge is 0.390 e. The molecular formula is C16H28N4O3S. The zero-order valence-corrected chi connectivity index (χ0v) is 15.3. The summed E-state index contributed by atoms with van der Waals surface area (Å²) < 4.78 is 29.9. The molecule has 0 unspecified atom stereocenters. The van der Waals surface area contributed by atoms with Gasteiger partial charge >= 0.3 is 0 Å². The molecule has 0 amide bonds. The van der Waals surface area contributed by atoms with Crippen LogP contribution in [0.4, 0.5) is 0 Å². The van der Waals surface area contributed by atoms with Crippen molar-refractivity contribution in [2.24, 2.45) is 0 Å². The van der Waals surface area contributed by atoms with Gasteiger partial charge in [-0.25, -0.2) is 13.1 Å². The molecule has 1 saturated carbocycles. The average Bonchev–Trinajstić information content (AvgIpc) is 3.18. The van der Waals surface area contributed by atoms with Gasteiger partial charge in [0, 0.05) is 18.6 Å². The number of nitrogens with zero attached hydrogens (tertiary/aromatic N) is 3. The Morgan fingerprint density at radius 1 is 1.29 bits per heavy atom. The minimum absolute atomic E-state index is 0.0633. The lowest BCUT2D eigenvalue weighted by Gasteiger charge is -2.39. The van der Waals surface area contributed by atoms with Gasteiger partial charge in [-0.05, 0) is 52.6 Å². The standard InChI is InChI=1S/C16H28N4O3S/c1-3-20-12(2)15(11-17-20)24(22,23)18-13-7-6-8-14(16(13)21)19-9-4-5-10-19/h11,13-14,16,18,21H,3-10H2,1-2H3/t13-,14-,16-/m1/s1. The minimum Gasteiger partial charge on any atom is -0.390 e. The topological polar surface area (TPSA) is 87.5 Å². The van der Waals surface area contributed by atoms with E-state index in [0.717, 1.165) is 38.8 Å². The van der Waals surface area contributed by atoms with Crippen LogP contribution in [-0.4, -0.2) is 59.5 Å². The van der Waals surface area contributed by atoms with Crippen LogP contribution in [0.25, 0.3) is 0 Å². The van der Waals surface area contributed by atoms with E-state index in [9.17, 15) is 13.5 Å². The predicted molar refractivity (Wildman–Crippen MR) is 91.2 cm³/mol. The highest BCUT2D eigenvalue weighted by Crippen LogP contribution is 2.28. The first-order chi connectivity index (χ1) is 11.4. The third-order valence-electron chi connectivity index (χ3n) is 5.38. The summed E-state index contributed by atoms with van der Waals surface area (Å²) in [5, 5.41) is 14.8. The summed E-state index contributed by atoms with van der Waals surface area (Å²) in [7, 11) is -3.67. The maximum atomic E-state index is 12.7. The molecule has 24 heavy (non-hydrogen) atoms. The molecule has 1 aliphatic carbocycles. The van der Waals surface area contributed by atoms with Crippen molar-refractivity contribution in [3.05, 3.63) is 11.9 Å². The smallest absolute Gasteiger partial charge is 0.244 e. The number of aryl methyl sites for hydroxylation is 1. The maximum absolute atomic E-state index is 12.7. The van der Waals surface area contributed by atoms with Gasteiger partial charge in [0.25, 0.3) is 0 Å². The van der Waals surface area contributed by atoms with Gasteiger partial charge in [0.05, 0.1) is 18.0 Å². The fraction of sp³-hybridized carbons (Fsp3) is 0.812. The van der Waals surface area contributed by atoms with Crippen LogP contribution < -0.4 is 4.72 Å². The molecule has 2 heterocycles. The van der Waals surface area contributed by atoms with Crippen molar-refractivity contribution in [3.63, 3.8) is 0 Å². The van der Waals surface area contributed by atoms with Crippen LogP contribution in [0.15, 0.2) is 11.1 Å². The Labute approximate surface area is 144 Å². The molecule has 1 aromatic heterocycles. The minimum atomic E-state index is -3.67. The van der Waals surface area contributed by atoms with Crippen LogP contribution in [0, 0.1) is 6.92 Å². The van der Waals surface area contributed by atoms with E-state index in [-0.39, 0.29) is 10.9 Å². The van der Waals surface area contributed by atoms with Crippen molar-refractivity contribution in [1.29, 1.82) is 0 Å². The molecule has 0 aromatic carbocycles. The van der Waals surface area contributed by atoms with E-state index >= 15 is 0 Å². The summed E-state index contributed by atoms with van der Waals surface area (Å²) in [5.41, 5.74) is 0.631. The Morgan fingerprint density at radius 3 is 2.62 bits per heavy atom. The Balaban J connectivity index is 1.74. The number of aromatic nitrogens is 2. The molecule has 0 radical (unpaired) electrons. The highest BCUT2D eigenvalue weighted by atomic mass is 32.2. The third-order valence-corrected chi connectivity index (χ3v) is 6.98. The van der Waals surface area contributed by atoms with Gasteiger partial charge in [0.2, 0.25) is 10.0 Å². The SMILES string of the molecule is CCn1ncc(S(=O)(=O)N[C@@H]2CCC[C@@H](N3CCCC3)[C@@H]2O)c1C. The van der Waals surface area contributed by atoms with Crippen LogP contribution in [0.5, 0.6) is 0 Å². The molecule has 1 aliphatic heterocycles. The van der Waals surface area contributed by atoms with E-state index in [1.165, 1.54) is 6.20 Å². The number of sulfonamides is 1. The molecule has 7 nitrogen and oxygen atoms in total. The van der Waals surface area contributed by atoms with Gasteiger partial charge in [0.15, 0.2) is 0 Å². The lowest BCUT2D eigenvalue weighted by molar-refractivity contribution is 0.0127. The fourth-order valence-corrected chi connectivity index (χ4v) is 5.49. The van der Waals surface area contributed by atoms with Crippen LogP contribution in [0.2, 0.25) is 0 Å². The van der Waals surface area contributed by atoms with Crippen LogP contribution >= 0.6 is 0 Å².